The molecule has 0 aliphatic heterocycles. The van der Waals surface area contributed by atoms with Gasteiger partial charge in [0, 0.05) is 29.2 Å². The first kappa shape index (κ1) is 14.4. The molecule has 0 aliphatic carbocycles. The van der Waals surface area contributed by atoms with E-state index in [2.05, 4.69) is 10.3 Å². The van der Waals surface area contributed by atoms with Crippen LogP contribution < -0.4 is 5.32 Å². The summed E-state index contributed by atoms with van der Waals surface area (Å²) in [6.07, 6.45) is 1.62. The molecule has 0 aliphatic rings. The summed E-state index contributed by atoms with van der Waals surface area (Å²) in [6, 6.07) is 11.6. The molecule has 3 aromatic rings. The first-order chi connectivity index (χ1) is 10.7. The van der Waals surface area contributed by atoms with Crippen LogP contribution >= 0.6 is 11.3 Å². The third kappa shape index (κ3) is 3.38. The molecule has 1 N–H and O–H groups in total. The summed E-state index contributed by atoms with van der Waals surface area (Å²) in [5.74, 6) is -0.515. The van der Waals surface area contributed by atoms with Crippen molar-refractivity contribution in [2.24, 2.45) is 0 Å². The Kier molecular flexibility index (Phi) is 4.25. The molecule has 0 spiro atoms. The fourth-order valence-corrected chi connectivity index (χ4v) is 2.72. The van der Waals surface area contributed by atoms with Gasteiger partial charge in [0.2, 0.25) is 0 Å². The summed E-state index contributed by atoms with van der Waals surface area (Å²) in [5, 5.41) is 6.73. The third-order valence-electron chi connectivity index (χ3n) is 3.18. The Morgan fingerprint density at radius 2 is 2.14 bits per heavy atom. The largest absolute Gasteiger partial charge is 0.348 e. The van der Waals surface area contributed by atoms with Crippen LogP contribution in [0.1, 0.15) is 15.9 Å². The lowest BCUT2D eigenvalue weighted by molar-refractivity contribution is 0.0951. The first-order valence-corrected chi connectivity index (χ1v) is 7.68. The Hall–Kier alpha value is -2.53. The van der Waals surface area contributed by atoms with E-state index in [9.17, 15) is 9.18 Å². The molecule has 2 aromatic heterocycles. The summed E-state index contributed by atoms with van der Waals surface area (Å²) in [5.41, 5.74) is 3.01. The summed E-state index contributed by atoms with van der Waals surface area (Å²) in [4.78, 5) is 16.5. The molecule has 22 heavy (non-hydrogen) atoms. The van der Waals surface area contributed by atoms with Crippen molar-refractivity contribution in [1.29, 1.82) is 0 Å². The van der Waals surface area contributed by atoms with E-state index < -0.39 is 0 Å². The minimum atomic E-state index is -0.310. The van der Waals surface area contributed by atoms with Crippen LogP contribution in [0.5, 0.6) is 0 Å². The summed E-state index contributed by atoms with van der Waals surface area (Å²) < 4.78 is 13.1. The Labute approximate surface area is 131 Å². The molecule has 0 saturated heterocycles. The maximum Gasteiger partial charge on any atom is 0.251 e. The zero-order chi connectivity index (χ0) is 15.4. The van der Waals surface area contributed by atoms with Crippen molar-refractivity contribution in [2.75, 3.05) is 0 Å². The Bertz CT molecular complexity index is 787. The van der Waals surface area contributed by atoms with Gasteiger partial charge in [-0.25, -0.2) is 4.39 Å². The zero-order valence-electron chi connectivity index (χ0n) is 11.6. The number of nitrogens with zero attached hydrogens (tertiary/aromatic N) is 1. The first-order valence-electron chi connectivity index (χ1n) is 6.73. The second-order valence-corrected chi connectivity index (χ2v) is 5.53. The van der Waals surface area contributed by atoms with Gasteiger partial charge in [0.05, 0.1) is 5.69 Å². The van der Waals surface area contributed by atoms with Gasteiger partial charge in [-0.1, -0.05) is 12.1 Å². The maximum absolute atomic E-state index is 13.1. The Morgan fingerprint density at radius 1 is 1.23 bits per heavy atom. The lowest BCUT2D eigenvalue weighted by atomic mass is 10.1. The molecule has 110 valence electrons. The van der Waals surface area contributed by atoms with Crippen LogP contribution in [-0.4, -0.2) is 10.9 Å². The van der Waals surface area contributed by atoms with Crippen molar-refractivity contribution in [3.63, 3.8) is 0 Å². The Morgan fingerprint density at radius 3 is 2.91 bits per heavy atom. The summed E-state index contributed by atoms with van der Waals surface area (Å²) in [7, 11) is 0. The monoisotopic (exact) mass is 312 g/mol. The molecule has 0 unspecified atom stereocenters. The van der Waals surface area contributed by atoms with Gasteiger partial charge in [-0.15, -0.1) is 0 Å². The molecule has 1 amide bonds. The van der Waals surface area contributed by atoms with E-state index in [1.165, 1.54) is 12.1 Å². The molecule has 3 rings (SSSR count). The smallest absolute Gasteiger partial charge is 0.251 e. The van der Waals surface area contributed by atoms with Gasteiger partial charge in [-0.05, 0) is 41.3 Å². The van der Waals surface area contributed by atoms with Gasteiger partial charge < -0.3 is 5.32 Å². The second kappa shape index (κ2) is 6.49. The maximum atomic E-state index is 13.1. The minimum Gasteiger partial charge on any atom is -0.348 e. The molecule has 3 nitrogen and oxygen atoms in total. The van der Waals surface area contributed by atoms with Gasteiger partial charge in [0.15, 0.2) is 0 Å². The number of amides is 1. The highest BCUT2D eigenvalue weighted by Crippen LogP contribution is 2.20. The van der Waals surface area contributed by atoms with Gasteiger partial charge >= 0.3 is 0 Å². The van der Waals surface area contributed by atoms with Crippen molar-refractivity contribution < 1.29 is 9.18 Å². The molecule has 2 heterocycles. The van der Waals surface area contributed by atoms with Crippen LogP contribution in [0.25, 0.3) is 11.3 Å². The van der Waals surface area contributed by atoms with Crippen LogP contribution in [0, 0.1) is 5.82 Å². The Balaban J connectivity index is 1.71. The fraction of sp³-hybridized carbons (Fsp3) is 0.0588. The van der Waals surface area contributed by atoms with Crippen LogP contribution in [0.3, 0.4) is 0 Å². The minimum absolute atomic E-state index is 0.205. The van der Waals surface area contributed by atoms with E-state index in [0.717, 1.165) is 16.8 Å². The predicted octanol–water partition coefficient (Wildman–Crippen LogP) is 3.88. The molecule has 5 heteroatoms. The van der Waals surface area contributed by atoms with Crippen LogP contribution in [0.2, 0.25) is 0 Å². The standard InChI is InChI=1S/C17H13FN2OS/c18-15-3-1-2-12(8-15)10-20-17(21)13-4-6-19-16(9-13)14-5-7-22-11-14/h1-9,11H,10H2,(H,20,21). The van der Waals surface area contributed by atoms with Crippen LogP contribution in [-0.2, 0) is 6.54 Å². The molecule has 0 atom stereocenters. The number of pyridine rings is 1. The van der Waals surface area contributed by atoms with Gasteiger partial charge in [-0.3, -0.25) is 9.78 Å². The number of carbonyl (C=O) groups excluding carboxylic acids is 1. The number of nitrogens with one attached hydrogen (secondary N) is 1. The van der Waals surface area contributed by atoms with Gasteiger partial charge in [0.25, 0.3) is 5.91 Å². The van der Waals surface area contributed by atoms with Crippen LogP contribution in [0.4, 0.5) is 4.39 Å². The molecule has 1 aromatic carbocycles. The number of thiophene rings is 1. The lowest BCUT2D eigenvalue weighted by Gasteiger charge is -2.06. The summed E-state index contributed by atoms with van der Waals surface area (Å²) >= 11 is 1.58. The zero-order valence-corrected chi connectivity index (χ0v) is 12.4. The highest BCUT2D eigenvalue weighted by molar-refractivity contribution is 7.08. The van der Waals surface area contributed by atoms with Crippen molar-refractivity contribution in [3.05, 3.63) is 76.4 Å². The highest BCUT2D eigenvalue weighted by atomic mass is 32.1. The average Bonchev–Trinajstić information content (AvgIpc) is 3.07. The third-order valence-corrected chi connectivity index (χ3v) is 3.86. The van der Waals surface area contributed by atoms with E-state index in [0.29, 0.717) is 5.56 Å². The molecule has 0 fully saturated rings. The number of aromatic nitrogens is 1. The fourth-order valence-electron chi connectivity index (χ4n) is 2.07. The number of carbonyl (C=O) groups is 1. The van der Waals surface area contributed by atoms with E-state index in [-0.39, 0.29) is 18.3 Å². The van der Waals surface area contributed by atoms with Crippen LogP contribution in [0.15, 0.2) is 59.4 Å². The van der Waals surface area contributed by atoms with Crippen molar-refractivity contribution in [1.82, 2.24) is 10.3 Å². The summed E-state index contributed by atoms with van der Waals surface area (Å²) in [6.45, 7) is 0.284. The van der Waals surface area contributed by atoms with Crippen molar-refractivity contribution in [3.8, 4) is 11.3 Å². The molecular formula is C17H13FN2OS. The SMILES string of the molecule is O=C(NCc1cccc(F)c1)c1ccnc(-c2ccsc2)c1. The second-order valence-electron chi connectivity index (χ2n) is 4.75. The molecule has 0 bridgehead atoms. The molecule has 0 radical (unpaired) electrons. The van der Waals surface area contributed by atoms with E-state index in [1.807, 2.05) is 16.8 Å². The number of halogens is 1. The number of rotatable bonds is 4. The van der Waals surface area contributed by atoms with Gasteiger partial charge in [-0.2, -0.15) is 11.3 Å². The predicted molar refractivity (Wildman–Crippen MR) is 85.1 cm³/mol. The quantitative estimate of drug-likeness (QED) is 0.794. The van der Waals surface area contributed by atoms with Crippen molar-refractivity contribution >= 4 is 17.2 Å². The average molecular weight is 312 g/mol. The van der Waals surface area contributed by atoms with Crippen molar-refractivity contribution in [2.45, 2.75) is 6.54 Å². The van der Waals surface area contributed by atoms with Gasteiger partial charge in [0.1, 0.15) is 5.82 Å². The lowest BCUT2D eigenvalue weighted by Crippen LogP contribution is -2.22. The highest BCUT2D eigenvalue weighted by Gasteiger charge is 2.08. The van der Waals surface area contributed by atoms with E-state index >= 15 is 0 Å². The number of hydrogen-bond donors (Lipinski definition) is 1. The molecule has 0 saturated carbocycles. The normalized spacial score (nSPS) is 10.4. The topological polar surface area (TPSA) is 42.0 Å². The number of hydrogen-bond acceptors (Lipinski definition) is 3. The van der Waals surface area contributed by atoms with E-state index in [4.69, 9.17) is 0 Å². The van der Waals surface area contributed by atoms with E-state index in [1.54, 1.807) is 41.8 Å². The number of benzene rings is 1. The molecular weight excluding hydrogens is 299 g/mol.